The summed E-state index contributed by atoms with van der Waals surface area (Å²) in [5, 5.41) is 22.9. The topological polar surface area (TPSA) is 65.2 Å². The summed E-state index contributed by atoms with van der Waals surface area (Å²) in [4.78, 5) is 10.1. The molecule has 0 aliphatic rings. The Morgan fingerprint density at radius 3 is 0.986 bits per heavy atom. The van der Waals surface area contributed by atoms with Crippen molar-refractivity contribution in [2.75, 3.05) is 58.9 Å². The summed E-state index contributed by atoms with van der Waals surface area (Å²) in [7, 11) is 0. The third-order valence-electron chi connectivity index (χ3n) is 16.1. The number of quaternary nitrogens is 2. The molecule has 439 valence electrons. The normalized spacial score (nSPS) is 12.1. The number of phenolic OH excluding ortho intramolecular Hbond substituents is 2. The molecule has 0 bridgehead atoms. The maximum absolute atomic E-state index is 11.6. The second-order valence-electron chi connectivity index (χ2n) is 23.1. The van der Waals surface area contributed by atoms with Crippen LogP contribution in [0.3, 0.4) is 0 Å². The van der Waals surface area contributed by atoms with Gasteiger partial charge in [0.1, 0.15) is 11.5 Å². The number of hydrogen-bond acceptors (Lipinski definition) is 4. The van der Waals surface area contributed by atoms with E-state index in [-0.39, 0.29) is 64.7 Å². The van der Waals surface area contributed by atoms with E-state index < -0.39 is 5.54 Å². The smallest absolute Gasteiger partial charge is 0.127 e. The quantitative estimate of drug-likeness (QED) is 0.0398. The van der Waals surface area contributed by atoms with Gasteiger partial charge in [0.25, 0.3) is 0 Å². The first-order chi connectivity index (χ1) is 32.4. The second-order valence-corrected chi connectivity index (χ2v) is 23.1. The predicted octanol–water partition coefficient (Wildman–Crippen LogP) is 19.2. The second kappa shape index (κ2) is 41.8. The zero-order chi connectivity index (χ0) is 50.7. The summed E-state index contributed by atoms with van der Waals surface area (Å²) in [5.41, 5.74) is 5.63. The van der Waals surface area contributed by atoms with Crippen LogP contribution in [-0.4, -0.2) is 96.1 Å². The number of aromatic hydroxyl groups is 2. The van der Waals surface area contributed by atoms with E-state index in [0.717, 1.165) is 47.9 Å². The minimum Gasteiger partial charge on any atom is -0.507 e. The molecule has 0 aromatic heterocycles. The molecule has 2 N–H and O–H groups in total. The van der Waals surface area contributed by atoms with Crippen molar-refractivity contribution in [2.45, 2.75) is 255 Å². The number of rotatable bonds is 39. The van der Waals surface area contributed by atoms with Crippen molar-refractivity contribution >= 4 is 12.4 Å². The molecule has 0 aliphatic heterocycles. The third kappa shape index (κ3) is 26.9. The van der Waals surface area contributed by atoms with E-state index in [0.29, 0.717) is 18.0 Å². The van der Waals surface area contributed by atoms with Gasteiger partial charge in [0.15, 0.2) is 0 Å². The predicted molar refractivity (Wildman–Crippen MR) is 333 cm³/mol. The molecule has 1 radical (unpaired) electrons. The number of phenols is 2. The van der Waals surface area contributed by atoms with E-state index in [2.05, 4.69) is 114 Å². The van der Waals surface area contributed by atoms with Crippen LogP contribution in [0.25, 0.3) is 0 Å². The van der Waals surface area contributed by atoms with Gasteiger partial charge in [-0.25, -0.2) is 0 Å². The number of benzene rings is 2. The van der Waals surface area contributed by atoms with E-state index in [4.69, 9.17) is 9.98 Å². The van der Waals surface area contributed by atoms with E-state index in [9.17, 15) is 10.2 Å². The van der Waals surface area contributed by atoms with Gasteiger partial charge in [0.05, 0.1) is 64.4 Å². The molecule has 2 rings (SSSR count). The van der Waals surface area contributed by atoms with Gasteiger partial charge < -0.3 is 56.3 Å². The van der Waals surface area contributed by atoms with E-state index in [1.807, 2.05) is 19.4 Å². The first kappa shape index (κ1) is 80.7. The summed E-state index contributed by atoms with van der Waals surface area (Å²) in [5.74, 6) is 0.641. The molecule has 0 amide bonds. The standard InChI is InChI=1S/C62H110N4O2.5CH3.Co/c1-15-23-33-61(13,34-24-16-2)57-46-53(10)59(68)55(48-57)50-64-60(11,12)51-63-49-54-47-56(45-52(9)58(54)67)62(14,35-31-43-65(37-25-17-3,38-26-18-4)39-27-19-5)36-32-44-66(40-28-20-6,41-29-21-7)42-30-22-8;;;;;;/h45-50H,15-44,51H2,1-14H3;5*1H3;/q;5*-1;/p+2. The molecule has 0 spiro atoms. The molecule has 74 heavy (non-hydrogen) atoms. The molecular weight excluding hydrogens is 952 g/mol. The third-order valence-corrected chi connectivity index (χ3v) is 16.1. The molecule has 2 aromatic rings. The Morgan fingerprint density at radius 2 is 0.689 bits per heavy atom. The Labute approximate surface area is 475 Å². The molecule has 7 heteroatoms. The van der Waals surface area contributed by atoms with Crippen LogP contribution >= 0.6 is 0 Å². The van der Waals surface area contributed by atoms with Crippen LogP contribution in [0.15, 0.2) is 34.3 Å². The van der Waals surface area contributed by atoms with Gasteiger partial charge in [-0.15, -0.1) is 0 Å². The molecule has 0 fully saturated rings. The molecule has 0 saturated heterocycles. The summed E-state index contributed by atoms with van der Waals surface area (Å²) in [6.45, 7) is 42.8. The number of aliphatic imine (C=N–C) groups is 2. The van der Waals surface area contributed by atoms with Crippen molar-refractivity contribution in [3.8, 4) is 11.5 Å². The zero-order valence-electron chi connectivity index (χ0n) is 52.9. The van der Waals surface area contributed by atoms with Gasteiger partial charge in [0.2, 0.25) is 0 Å². The Hall–Kier alpha value is -2.19. The van der Waals surface area contributed by atoms with Gasteiger partial charge in [-0.1, -0.05) is 146 Å². The molecule has 6 nitrogen and oxygen atoms in total. The zero-order valence-corrected chi connectivity index (χ0v) is 53.9. The SMILES string of the molecule is CCCCC(C)(CCCC)c1cc(C)c(O)c(C=NC(C)(C)CN=Cc2cc(C(C)(CCC[N+](CCCC)(CCCC)CCCC)CCC[N+](CCCC)(CCCC)CCCC)cc(C)c2O)c1.[CH3-].[CH3-].[CH3-].[CH3-].[CH3-].[Co]. The van der Waals surface area contributed by atoms with Gasteiger partial charge in [-0.3, -0.25) is 9.98 Å². The van der Waals surface area contributed by atoms with Crippen LogP contribution in [-0.2, 0) is 27.6 Å². The molecular formula is C67H127CoN4O2-3. The average molecular weight is 1080 g/mol. The van der Waals surface area contributed by atoms with Crippen LogP contribution < -0.4 is 0 Å². The largest absolute Gasteiger partial charge is 0.507 e. The monoisotopic (exact) mass is 1080 g/mol. The van der Waals surface area contributed by atoms with Crippen LogP contribution in [0.2, 0.25) is 0 Å². The maximum atomic E-state index is 11.6. The average Bonchev–Trinajstić information content (AvgIpc) is 3.32. The molecule has 0 saturated carbocycles. The number of hydrogen-bond donors (Lipinski definition) is 2. The molecule has 0 atom stereocenters. The van der Waals surface area contributed by atoms with Crippen molar-refractivity contribution < 1.29 is 36.0 Å². The Balaban J connectivity index is -0.00000264. The van der Waals surface area contributed by atoms with Gasteiger partial charge in [0, 0.05) is 40.3 Å². The molecule has 0 heterocycles. The fourth-order valence-corrected chi connectivity index (χ4v) is 11.0. The molecule has 0 unspecified atom stereocenters. The summed E-state index contributed by atoms with van der Waals surface area (Å²) in [6, 6.07) is 8.97. The molecule has 2 aromatic carbocycles. The Kier molecular flexibility index (Phi) is 45.6. The van der Waals surface area contributed by atoms with Crippen molar-refractivity contribution in [1.29, 1.82) is 0 Å². The van der Waals surface area contributed by atoms with Crippen molar-refractivity contribution in [2.24, 2.45) is 9.98 Å². The number of unbranched alkanes of at least 4 members (excludes halogenated alkanes) is 8. The fourth-order valence-electron chi connectivity index (χ4n) is 11.0. The van der Waals surface area contributed by atoms with Gasteiger partial charge in [-0.2, -0.15) is 0 Å². The van der Waals surface area contributed by atoms with Crippen LogP contribution in [0, 0.1) is 51.0 Å². The summed E-state index contributed by atoms with van der Waals surface area (Å²) in [6.07, 6.45) is 31.0. The number of nitrogens with zero attached hydrogens (tertiary/aromatic N) is 4. The van der Waals surface area contributed by atoms with Crippen molar-refractivity contribution in [3.63, 3.8) is 0 Å². The van der Waals surface area contributed by atoms with E-state index in [1.165, 1.54) is 188 Å². The van der Waals surface area contributed by atoms with Crippen LogP contribution in [0.1, 0.15) is 258 Å². The van der Waals surface area contributed by atoms with Crippen molar-refractivity contribution in [1.82, 2.24) is 0 Å². The maximum Gasteiger partial charge on any atom is 0.127 e. The molecule has 0 aliphatic carbocycles. The fraction of sp³-hybridized carbons (Fsp3) is 0.716. The van der Waals surface area contributed by atoms with Crippen LogP contribution in [0.4, 0.5) is 0 Å². The number of aryl methyl sites for hydroxylation is 2. The Bertz CT molecular complexity index is 1660. The van der Waals surface area contributed by atoms with Crippen LogP contribution in [0.5, 0.6) is 11.5 Å². The summed E-state index contributed by atoms with van der Waals surface area (Å²) < 4.78 is 2.56. The first-order valence-corrected chi connectivity index (χ1v) is 28.8. The Morgan fingerprint density at radius 1 is 0.419 bits per heavy atom. The first-order valence-electron chi connectivity index (χ1n) is 28.8. The van der Waals surface area contributed by atoms with E-state index >= 15 is 0 Å². The summed E-state index contributed by atoms with van der Waals surface area (Å²) >= 11 is 0. The van der Waals surface area contributed by atoms with Gasteiger partial charge in [-0.05, 0) is 150 Å². The minimum absolute atomic E-state index is 0. The van der Waals surface area contributed by atoms with Crippen molar-refractivity contribution in [3.05, 3.63) is 94.8 Å². The minimum atomic E-state index is -0.506. The van der Waals surface area contributed by atoms with Gasteiger partial charge >= 0.3 is 0 Å². The van der Waals surface area contributed by atoms with E-state index in [1.54, 1.807) is 0 Å².